The highest BCUT2D eigenvalue weighted by atomic mass is 127. The number of rotatable bonds is 3. The highest BCUT2D eigenvalue weighted by Crippen LogP contribution is 2.59. The topological polar surface area (TPSA) is 17.1 Å². The maximum Gasteiger partial charge on any atom is 0.120 e. The lowest BCUT2D eigenvalue weighted by atomic mass is 9.61. The second kappa shape index (κ2) is 5.41. The highest BCUT2D eigenvalue weighted by molar-refractivity contribution is 14.1. The van der Waals surface area contributed by atoms with E-state index < -0.39 is 0 Å². The van der Waals surface area contributed by atoms with Crippen LogP contribution in [0.5, 0.6) is 0 Å². The molecule has 0 saturated heterocycles. The predicted molar refractivity (Wildman–Crippen MR) is 80.1 cm³/mol. The molecule has 2 aliphatic carbocycles. The average molecular weight is 346 g/mol. The van der Waals surface area contributed by atoms with Crippen molar-refractivity contribution in [2.45, 2.75) is 52.4 Å². The minimum atomic E-state index is 0.470. The van der Waals surface area contributed by atoms with Gasteiger partial charge in [0, 0.05) is 6.42 Å². The van der Waals surface area contributed by atoms with E-state index in [-0.39, 0.29) is 0 Å². The molecular formula is C15H23IO. The van der Waals surface area contributed by atoms with E-state index in [9.17, 15) is 4.79 Å². The van der Waals surface area contributed by atoms with Gasteiger partial charge in [-0.05, 0) is 59.4 Å². The summed E-state index contributed by atoms with van der Waals surface area (Å²) < 4.78 is 2.33. The second-order valence-corrected chi connectivity index (χ2v) is 6.78. The third-order valence-electron chi connectivity index (χ3n) is 5.33. The third-order valence-corrected chi connectivity index (χ3v) is 6.13. The molecule has 17 heavy (non-hydrogen) atoms. The lowest BCUT2D eigenvalue weighted by Gasteiger charge is -2.44. The predicted octanol–water partition coefficient (Wildman–Crippen LogP) is 4.75. The lowest BCUT2D eigenvalue weighted by molar-refractivity contribution is -0.109. The largest absolute Gasteiger partial charge is 0.303 e. The first-order chi connectivity index (χ1) is 8.13. The summed E-state index contributed by atoms with van der Waals surface area (Å²) in [6.45, 7) is 4.75. The van der Waals surface area contributed by atoms with Crippen LogP contribution in [0.15, 0.2) is 9.66 Å². The van der Waals surface area contributed by atoms with E-state index in [2.05, 4.69) is 40.5 Å². The number of halogens is 1. The van der Waals surface area contributed by atoms with Gasteiger partial charge in [0.2, 0.25) is 0 Å². The fourth-order valence-corrected chi connectivity index (χ4v) is 5.21. The standard InChI is InChI=1S/C15H23IO/c1-11(7-9-17)13-5-6-14-12(10-16)4-3-8-15(13,14)2/h9-11,13-14H,3-8H2,1-2H3/t11-,13-,14?,15+/m1/s1. The number of allylic oxidation sites excluding steroid dienone is 1. The van der Waals surface area contributed by atoms with Crippen LogP contribution in [0.1, 0.15) is 52.4 Å². The molecule has 0 aromatic carbocycles. The Balaban J connectivity index is 2.20. The summed E-state index contributed by atoms with van der Waals surface area (Å²) in [5.74, 6) is 2.12. The van der Waals surface area contributed by atoms with Crippen molar-refractivity contribution in [1.82, 2.24) is 0 Å². The first kappa shape index (κ1) is 13.6. The van der Waals surface area contributed by atoms with Gasteiger partial charge in [0.1, 0.15) is 6.29 Å². The Hall–Kier alpha value is 0.140. The molecule has 2 saturated carbocycles. The Kier molecular flexibility index (Phi) is 4.32. The molecule has 2 aliphatic rings. The van der Waals surface area contributed by atoms with Gasteiger partial charge < -0.3 is 4.79 Å². The molecule has 0 N–H and O–H groups in total. The van der Waals surface area contributed by atoms with Crippen molar-refractivity contribution in [3.8, 4) is 0 Å². The van der Waals surface area contributed by atoms with Gasteiger partial charge in [-0.25, -0.2) is 0 Å². The smallest absolute Gasteiger partial charge is 0.120 e. The number of aldehydes is 1. The van der Waals surface area contributed by atoms with E-state index in [1.165, 1.54) is 32.1 Å². The summed E-state index contributed by atoms with van der Waals surface area (Å²) >= 11 is 2.41. The lowest BCUT2D eigenvalue weighted by Crippen LogP contribution is -2.35. The minimum Gasteiger partial charge on any atom is -0.303 e. The average Bonchev–Trinajstić information content (AvgIpc) is 2.66. The number of fused-ring (bicyclic) bond motifs is 1. The first-order valence-electron chi connectivity index (χ1n) is 6.86. The molecular weight excluding hydrogens is 323 g/mol. The summed E-state index contributed by atoms with van der Waals surface area (Å²) in [4.78, 5) is 10.7. The highest BCUT2D eigenvalue weighted by Gasteiger charge is 2.50. The fraction of sp³-hybridized carbons (Fsp3) is 0.800. The van der Waals surface area contributed by atoms with Crippen LogP contribution in [0.3, 0.4) is 0 Å². The molecule has 0 bridgehead atoms. The van der Waals surface area contributed by atoms with E-state index >= 15 is 0 Å². The first-order valence-corrected chi connectivity index (χ1v) is 8.11. The van der Waals surface area contributed by atoms with Crippen LogP contribution in [0.4, 0.5) is 0 Å². The van der Waals surface area contributed by atoms with Crippen molar-refractivity contribution in [3.05, 3.63) is 9.66 Å². The third kappa shape index (κ3) is 2.34. The Morgan fingerprint density at radius 2 is 2.29 bits per heavy atom. The monoisotopic (exact) mass is 346 g/mol. The van der Waals surface area contributed by atoms with Crippen molar-refractivity contribution in [3.63, 3.8) is 0 Å². The molecule has 2 fully saturated rings. The molecule has 0 spiro atoms. The summed E-state index contributed by atoms with van der Waals surface area (Å²) in [6.07, 6.45) is 8.53. The molecule has 96 valence electrons. The van der Waals surface area contributed by atoms with Gasteiger partial charge in [-0.15, -0.1) is 0 Å². The quantitative estimate of drug-likeness (QED) is 0.533. The van der Waals surface area contributed by atoms with Gasteiger partial charge in [-0.1, -0.05) is 42.0 Å². The zero-order valence-electron chi connectivity index (χ0n) is 10.9. The fourth-order valence-electron chi connectivity index (χ4n) is 4.46. The van der Waals surface area contributed by atoms with Crippen molar-refractivity contribution in [1.29, 1.82) is 0 Å². The minimum absolute atomic E-state index is 0.470. The van der Waals surface area contributed by atoms with Crippen LogP contribution in [0, 0.1) is 23.2 Å². The van der Waals surface area contributed by atoms with E-state index in [1.807, 2.05) is 0 Å². The molecule has 4 atom stereocenters. The molecule has 0 amide bonds. The molecule has 0 aromatic rings. The zero-order valence-corrected chi connectivity index (χ0v) is 13.1. The van der Waals surface area contributed by atoms with E-state index in [4.69, 9.17) is 0 Å². The van der Waals surface area contributed by atoms with Crippen LogP contribution in [0.25, 0.3) is 0 Å². The molecule has 0 aliphatic heterocycles. The van der Waals surface area contributed by atoms with E-state index in [0.29, 0.717) is 11.3 Å². The van der Waals surface area contributed by atoms with E-state index in [1.54, 1.807) is 5.57 Å². The molecule has 2 rings (SSSR count). The van der Waals surface area contributed by atoms with Gasteiger partial charge in [0.25, 0.3) is 0 Å². The number of carbonyl (C=O) groups excluding carboxylic acids is 1. The van der Waals surface area contributed by atoms with Crippen molar-refractivity contribution in [2.75, 3.05) is 0 Å². The summed E-state index contributed by atoms with van der Waals surface area (Å²) in [7, 11) is 0. The molecule has 1 nitrogen and oxygen atoms in total. The Morgan fingerprint density at radius 1 is 1.53 bits per heavy atom. The van der Waals surface area contributed by atoms with Crippen LogP contribution in [-0.4, -0.2) is 6.29 Å². The normalized spacial score (nSPS) is 41.2. The molecule has 0 radical (unpaired) electrons. The number of carbonyl (C=O) groups is 1. The van der Waals surface area contributed by atoms with Crippen LogP contribution in [-0.2, 0) is 4.79 Å². The van der Waals surface area contributed by atoms with Crippen molar-refractivity contribution >= 4 is 28.9 Å². The molecule has 1 unspecified atom stereocenters. The second-order valence-electron chi connectivity index (χ2n) is 6.16. The van der Waals surface area contributed by atoms with Crippen LogP contribution in [0.2, 0.25) is 0 Å². The van der Waals surface area contributed by atoms with Gasteiger partial charge in [0.05, 0.1) is 0 Å². The van der Waals surface area contributed by atoms with Crippen LogP contribution < -0.4 is 0 Å². The van der Waals surface area contributed by atoms with Crippen molar-refractivity contribution in [2.24, 2.45) is 23.2 Å². The van der Waals surface area contributed by atoms with Crippen LogP contribution >= 0.6 is 22.6 Å². The maximum absolute atomic E-state index is 10.7. The molecule has 0 heterocycles. The number of hydrogen-bond donors (Lipinski definition) is 0. The summed E-state index contributed by atoms with van der Waals surface area (Å²) in [5.41, 5.74) is 2.15. The summed E-state index contributed by atoms with van der Waals surface area (Å²) in [5, 5.41) is 0. The van der Waals surface area contributed by atoms with Gasteiger partial charge in [-0.2, -0.15) is 0 Å². The van der Waals surface area contributed by atoms with Gasteiger partial charge in [0.15, 0.2) is 0 Å². The summed E-state index contributed by atoms with van der Waals surface area (Å²) in [6, 6.07) is 0. The van der Waals surface area contributed by atoms with Crippen molar-refractivity contribution < 1.29 is 4.79 Å². The molecule has 0 aromatic heterocycles. The Morgan fingerprint density at radius 3 is 2.94 bits per heavy atom. The maximum atomic E-state index is 10.7. The Labute approximate surface area is 119 Å². The Bertz CT molecular complexity index is 323. The molecule has 2 heteroatoms. The number of hydrogen-bond acceptors (Lipinski definition) is 1. The van der Waals surface area contributed by atoms with Gasteiger partial charge >= 0.3 is 0 Å². The van der Waals surface area contributed by atoms with E-state index in [0.717, 1.165) is 24.5 Å². The zero-order chi connectivity index (χ0) is 12.5. The SMILES string of the molecule is C[C@H](CC=O)[C@H]1CCC2C(=CI)CCC[C@]21C. The van der Waals surface area contributed by atoms with Gasteiger partial charge in [-0.3, -0.25) is 0 Å².